The van der Waals surface area contributed by atoms with E-state index >= 15 is 0 Å². The van der Waals surface area contributed by atoms with Crippen LogP contribution in [-0.4, -0.2) is 26.8 Å². The molecule has 21 heavy (non-hydrogen) atoms. The summed E-state index contributed by atoms with van der Waals surface area (Å²) in [5.74, 6) is 0.985. The van der Waals surface area contributed by atoms with Gasteiger partial charge in [0.15, 0.2) is 11.6 Å². The van der Waals surface area contributed by atoms with Gasteiger partial charge in [0.2, 0.25) is 0 Å². The second-order valence-electron chi connectivity index (χ2n) is 6.14. The zero-order valence-corrected chi connectivity index (χ0v) is 13.2. The molecule has 2 atom stereocenters. The number of ether oxygens (including phenoxy) is 2. The maximum Gasteiger partial charge on any atom is 0.165 e. The molecule has 1 aliphatic rings. The van der Waals surface area contributed by atoms with Crippen LogP contribution in [0.1, 0.15) is 38.4 Å². The molecule has 0 aromatic heterocycles. The third kappa shape index (κ3) is 4.42. The molecule has 1 heterocycles. The molecule has 118 valence electrons. The first-order valence-corrected chi connectivity index (χ1v) is 7.77. The average Bonchev–Trinajstić information content (AvgIpc) is 2.47. The zero-order chi connectivity index (χ0) is 15.2. The first-order chi connectivity index (χ1) is 10.1. The van der Waals surface area contributed by atoms with E-state index in [0.717, 1.165) is 38.1 Å². The molecule has 1 saturated heterocycles. The molecule has 1 fully saturated rings. The Morgan fingerprint density at radius 1 is 1.43 bits per heavy atom. The van der Waals surface area contributed by atoms with Gasteiger partial charge in [-0.25, -0.2) is 4.39 Å². The fourth-order valence-corrected chi connectivity index (χ4v) is 2.84. The highest BCUT2D eigenvalue weighted by molar-refractivity contribution is 5.31. The van der Waals surface area contributed by atoms with Crippen LogP contribution in [-0.2, 0) is 4.74 Å². The summed E-state index contributed by atoms with van der Waals surface area (Å²) in [6.07, 6.45) is 2.16. The van der Waals surface area contributed by atoms with Crippen LogP contribution in [0.15, 0.2) is 18.2 Å². The molecule has 0 bridgehead atoms. The molecule has 4 heteroatoms. The van der Waals surface area contributed by atoms with Crippen molar-refractivity contribution in [1.82, 2.24) is 5.32 Å². The van der Waals surface area contributed by atoms with E-state index < -0.39 is 0 Å². The smallest absolute Gasteiger partial charge is 0.165 e. The van der Waals surface area contributed by atoms with E-state index in [1.165, 1.54) is 7.11 Å². The molecule has 1 aliphatic heterocycles. The predicted molar refractivity (Wildman–Crippen MR) is 82.1 cm³/mol. The van der Waals surface area contributed by atoms with Crippen LogP contribution in [0.4, 0.5) is 4.39 Å². The lowest BCUT2D eigenvalue weighted by Gasteiger charge is -2.32. The van der Waals surface area contributed by atoms with E-state index in [4.69, 9.17) is 9.47 Å². The number of halogens is 1. The highest BCUT2D eigenvalue weighted by atomic mass is 19.1. The third-order valence-corrected chi connectivity index (χ3v) is 3.91. The van der Waals surface area contributed by atoms with Gasteiger partial charge < -0.3 is 14.8 Å². The van der Waals surface area contributed by atoms with Gasteiger partial charge in [-0.2, -0.15) is 0 Å². The summed E-state index contributed by atoms with van der Waals surface area (Å²) in [6, 6.07) is 5.14. The van der Waals surface area contributed by atoms with Crippen molar-refractivity contribution in [3.8, 4) is 5.75 Å². The fourth-order valence-electron chi connectivity index (χ4n) is 2.84. The highest BCUT2D eigenvalue weighted by Crippen LogP contribution is 2.34. The van der Waals surface area contributed by atoms with Crippen LogP contribution in [0.5, 0.6) is 5.75 Å². The van der Waals surface area contributed by atoms with Gasteiger partial charge in [-0.05, 0) is 43.0 Å². The monoisotopic (exact) mass is 295 g/mol. The Morgan fingerprint density at radius 3 is 2.90 bits per heavy atom. The number of methoxy groups -OCH3 is 1. The molecular formula is C17H26FNO2. The van der Waals surface area contributed by atoms with Crippen LogP contribution in [0.25, 0.3) is 0 Å². The Labute approximate surface area is 126 Å². The van der Waals surface area contributed by atoms with Crippen molar-refractivity contribution in [3.63, 3.8) is 0 Å². The van der Waals surface area contributed by atoms with Crippen LogP contribution < -0.4 is 10.1 Å². The minimum atomic E-state index is -0.321. The molecule has 0 saturated carbocycles. The van der Waals surface area contributed by atoms with E-state index in [0.29, 0.717) is 11.8 Å². The molecular weight excluding hydrogens is 269 g/mol. The molecule has 1 aromatic rings. The van der Waals surface area contributed by atoms with Gasteiger partial charge in [0.1, 0.15) is 0 Å². The molecule has 0 radical (unpaired) electrons. The lowest BCUT2D eigenvalue weighted by Crippen LogP contribution is -2.33. The fraction of sp³-hybridized carbons (Fsp3) is 0.647. The maximum absolute atomic E-state index is 13.9. The van der Waals surface area contributed by atoms with Gasteiger partial charge in [0, 0.05) is 19.1 Å². The summed E-state index contributed by atoms with van der Waals surface area (Å²) < 4.78 is 24.8. The number of nitrogens with one attached hydrogen (secondary N) is 1. The largest absolute Gasteiger partial charge is 0.494 e. The van der Waals surface area contributed by atoms with Crippen molar-refractivity contribution < 1.29 is 13.9 Å². The number of hydrogen-bond donors (Lipinski definition) is 1. The van der Waals surface area contributed by atoms with E-state index in [2.05, 4.69) is 19.2 Å². The number of benzene rings is 1. The second-order valence-corrected chi connectivity index (χ2v) is 6.14. The second kappa shape index (κ2) is 7.76. The summed E-state index contributed by atoms with van der Waals surface area (Å²) in [6.45, 7) is 7.05. The average molecular weight is 295 g/mol. The van der Waals surface area contributed by atoms with Crippen molar-refractivity contribution in [2.75, 3.05) is 26.8 Å². The normalized spacial score (nSPS) is 22.5. The summed E-state index contributed by atoms with van der Waals surface area (Å²) in [4.78, 5) is 0. The molecule has 0 aliphatic carbocycles. The molecule has 2 rings (SSSR count). The van der Waals surface area contributed by atoms with E-state index in [-0.39, 0.29) is 17.7 Å². The Bertz CT molecular complexity index is 450. The molecule has 0 spiro atoms. The van der Waals surface area contributed by atoms with Crippen molar-refractivity contribution in [2.24, 2.45) is 11.8 Å². The summed E-state index contributed by atoms with van der Waals surface area (Å²) in [7, 11) is 1.48. The third-order valence-electron chi connectivity index (χ3n) is 3.91. The van der Waals surface area contributed by atoms with E-state index in [1.54, 1.807) is 12.1 Å². The van der Waals surface area contributed by atoms with Crippen LogP contribution in [0.2, 0.25) is 0 Å². The van der Waals surface area contributed by atoms with Crippen molar-refractivity contribution in [1.29, 1.82) is 0 Å². The van der Waals surface area contributed by atoms with Crippen LogP contribution in [0, 0.1) is 17.7 Å². The Hall–Kier alpha value is -1.13. The lowest BCUT2D eigenvalue weighted by molar-refractivity contribution is -0.0280. The predicted octanol–water partition coefficient (Wildman–Crippen LogP) is 3.55. The SMILES string of the molecule is COc1ccc(C2OCCCC2CNCC(C)C)cc1F. The van der Waals surface area contributed by atoms with Crippen LogP contribution >= 0.6 is 0 Å². The topological polar surface area (TPSA) is 30.5 Å². The quantitative estimate of drug-likeness (QED) is 0.870. The standard InChI is InChI=1S/C17H26FNO2/c1-12(2)10-19-11-14-5-4-8-21-17(14)13-6-7-16(20-3)15(18)9-13/h6-7,9,12,14,17,19H,4-5,8,10-11H2,1-3H3. The number of hydrogen-bond acceptors (Lipinski definition) is 3. The maximum atomic E-state index is 13.9. The van der Waals surface area contributed by atoms with Gasteiger partial charge in [0.05, 0.1) is 13.2 Å². The molecule has 1 aromatic carbocycles. The summed E-state index contributed by atoms with van der Waals surface area (Å²) in [5, 5.41) is 3.49. The van der Waals surface area contributed by atoms with Gasteiger partial charge in [0.25, 0.3) is 0 Å². The summed E-state index contributed by atoms with van der Waals surface area (Å²) in [5.41, 5.74) is 0.907. The minimum Gasteiger partial charge on any atom is -0.494 e. The summed E-state index contributed by atoms with van der Waals surface area (Å²) >= 11 is 0. The minimum absolute atomic E-state index is 0.0289. The Kier molecular flexibility index (Phi) is 6.00. The van der Waals surface area contributed by atoms with Crippen molar-refractivity contribution in [2.45, 2.75) is 32.8 Å². The van der Waals surface area contributed by atoms with Crippen LogP contribution in [0.3, 0.4) is 0 Å². The molecule has 3 nitrogen and oxygen atoms in total. The molecule has 0 amide bonds. The Morgan fingerprint density at radius 2 is 2.24 bits per heavy atom. The van der Waals surface area contributed by atoms with E-state index in [1.807, 2.05) is 6.07 Å². The van der Waals surface area contributed by atoms with Gasteiger partial charge in [-0.1, -0.05) is 19.9 Å². The first-order valence-electron chi connectivity index (χ1n) is 7.77. The van der Waals surface area contributed by atoms with Gasteiger partial charge >= 0.3 is 0 Å². The van der Waals surface area contributed by atoms with Crippen molar-refractivity contribution >= 4 is 0 Å². The lowest BCUT2D eigenvalue weighted by atomic mass is 9.89. The van der Waals surface area contributed by atoms with Crippen molar-refractivity contribution in [3.05, 3.63) is 29.6 Å². The van der Waals surface area contributed by atoms with E-state index in [9.17, 15) is 4.39 Å². The highest BCUT2D eigenvalue weighted by Gasteiger charge is 2.27. The molecule has 1 N–H and O–H groups in total. The van der Waals surface area contributed by atoms with Gasteiger partial charge in [-0.3, -0.25) is 0 Å². The van der Waals surface area contributed by atoms with Gasteiger partial charge in [-0.15, -0.1) is 0 Å². The number of rotatable bonds is 6. The zero-order valence-electron chi connectivity index (χ0n) is 13.2. The molecule has 2 unspecified atom stereocenters. The first kappa shape index (κ1) is 16.2. The Balaban J connectivity index is 2.05.